The molecule has 9 heteroatoms. The van der Waals surface area contributed by atoms with Crippen molar-refractivity contribution in [3.8, 4) is 0 Å². The van der Waals surface area contributed by atoms with E-state index in [1.54, 1.807) is 0 Å². The molecule has 0 bridgehead atoms. The molecule has 0 aliphatic carbocycles. The molecule has 47 heavy (non-hydrogen) atoms. The van der Waals surface area contributed by atoms with Crippen molar-refractivity contribution in [3.63, 3.8) is 0 Å². The number of ether oxygens (including phenoxy) is 2. The van der Waals surface area contributed by atoms with Gasteiger partial charge in [0.05, 0.1) is 34.4 Å². The van der Waals surface area contributed by atoms with Crippen LogP contribution in [-0.4, -0.2) is 70.7 Å². The summed E-state index contributed by atoms with van der Waals surface area (Å²) in [6.45, 7) is 5.32. The lowest BCUT2D eigenvalue weighted by Crippen LogP contribution is -2.37. The number of likely N-dealkylation sites (N-methyl/N-ethyl adjacent to an activating group) is 1. The summed E-state index contributed by atoms with van der Waals surface area (Å²) in [5.41, 5.74) is 0. The zero-order chi connectivity index (χ0) is 34.9. The van der Waals surface area contributed by atoms with Gasteiger partial charge < -0.3 is 27.9 Å². The van der Waals surface area contributed by atoms with Crippen molar-refractivity contribution in [2.24, 2.45) is 0 Å². The third-order valence-corrected chi connectivity index (χ3v) is 8.97. The van der Waals surface area contributed by atoms with Crippen LogP contribution in [0.5, 0.6) is 0 Å². The molecule has 0 saturated heterocycles. The van der Waals surface area contributed by atoms with Gasteiger partial charge in [0.1, 0.15) is 19.3 Å². The summed E-state index contributed by atoms with van der Waals surface area (Å²) in [5, 5.41) is 0. The van der Waals surface area contributed by atoms with E-state index in [2.05, 4.69) is 38.2 Å². The molecule has 2 unspecified atom stereocenters. The van der Waals surface area contributed by atoms with Gasteiger partial charge in [0.25, 0.3) is 7.82 Å². The molecule has 0 spiro atoms. The highest BCUT2D eigenvalue weighted by Gasteiger charge is 2.20. The van der Waals surface area contributed by atoms with E-state index < -0.39 is 13.9 Å². The molecule has 278 valence electrons. The van der Waals surface area contributed by atoms with E-state index >= 15 is 0 Å². The number of allylic oxidation sites excluding steroid dienone is 4. The number of carbonyl (C=O) groups excluding carboxylic acids is 1. The number of unbranched alkanes of at least 4 members (excludes halogenated alkanes) is 17. The first kappa shape index (κ1) is 46.0. The molecule has 0 aliphatic heterocycles. The van der Waals surface area contributed by atoms with Gasteiger partial charge in [-0.1, -0.05) is 128 Å². The van der Waals surface area contributed by atoms with Crippen LogP contribution in [0, 0.1) is 0 Å². The van der Waals surface area contributed by atoms with Gasteiger partial charge in [0, 0.05) is 13.0 Å². The monoisotopic (exact) mass is 688 g/mol. The molecule has 0 N–H and O–H groups in total. The SMILES string of the molecule is CCCCC/C=C\C/C=C\CCCCCCCCCCOCC(COP(=O)([O-])OCC[N+](C)(C)C)OC(=O)CCCCCCCCC. The van der Waals surface area contributed by atoms with Crippen molar-refractivity contribution in [1.29, 1.82) is 0 Å². The van der Waals surface area contributed by atoms with Crippen LogP contribution in [0.2, 0.25) is 0 Å². The second-order valence-electron chi connectivity index (χ2n) is 13.9. The number of hydrogen-bond donors (Lipinski definition) is 0. The van der Waals surface area contributed by atoms with Crippen LogP contribution in [0.4, 0.5) is 0 Å². The van der Waals surface area contributed by atoms with E-state index in [0.717, 1.165) is 38.5 Å². The zero-order valence-electron chi connectivity index (χ0n) is 31.2. The number of hydrogen-bond acceptors (Lipinski definition) is 7. The maximum absolute atomic E-state index is 12.5. The lowest BCUT2D eigenvalue weighted by Gasteiger charge is -2.28. The fourth-order valence-electron chi connectivity index (χ4n) is 4.99. The summed E-state index contributed by atoms with van der Waals surface area (Å²) >= 11 is 0. The second-order valence-corrected chi connectivity index (χ2v) is 15.4. The fraction of sp³-hybridized carbons (Fsp3) is 0.868. The number of phosphoric acid groups is 1. The number of quaternary nitrogens is 1. The van der Waals surface area contributed by atoms with E-state index in [9.17, 15) is 14.3 Å². The Kier molecular flexibility index (Phi) is 31.5. The minimum absolute atomic E-state index is 0.0260. The van der Waals surface area contributed by atoms with Crippen LogP contribution >= 0.6 is 7.82 Å². The molecule has 0 fully saturated rings. The van der Waals surface area contributed by atoms with Gasteiger partial charge >= 0.3 is 5.97 Å². The minimum atomic E-state index is -4.51. The second kappa shape index (κ2) is 32.2. The largest absolute Gasteiger partial charge is 0.756 e. The summed E-state index contributed by atoms with van der Waals surface area (Å²) in [4.78, 5) is 24.8. The normalized spacial score (nSPS) is 14.3. The van der Waals surface area contributed by atoms with E-state index in [-0.39, 0.29) is 25.8 Å². The van der Waals surface area contributed by atoms with Crippen LogP contribution in [0.25, 0.3) is 0 Å². The minimum Gasteiger partial charge on any atom is -0.756 e. The number of esters is 1. The average molecular weight is 688 g/mol. The van der Waals surface area contributed by atoms with E-state index in [1.165, 1.54) is 96.3 Å². The first-order valence-electron chi connectivity index (χ1n) is 19.1. The van der Waals surface area contributed by atoms with Gasteiger partial charge in [-0.3, -0.25) is 9.36 Å². The maximum atomic E-state index is 12.5. The van der Waals surface area contributed by atoms with Crippen LogP contribution in [0.1, 0.15) is 155 Å². The van der Waals surface area contributed by atoms with E-state index in [0.29, 0.717) is 24.1 Å². The molecule has 0 rings (SSSR count). The van der Waals surface area contributed by atoms with E-state index in [1.807, 2.05) is 21.1 Å². The highest BCUT2D eigenvalue weighted by molar-refractivity contribution is 7.45. The van der Waals surface area contributed by atoms with Crippen molar-refractivity contribution in [3.05, 3.63) is 24.3 Å². The Morgan fingerprint density at radius 2 is 1.17 bits per heavy atom. The smallest absolute Gasteiger partial charge is 0.306 e. The number of rotatable bonds is 35. The Balaban J connectivity index is 4.17. The molecule has 0 aliphatic rings. The zero-order valence-corrected chi connectivity index (χ0v) is 32.1. The molecule has 0 aromatic heterocycles. The molecule has 0 amide bonds. The predicted octanol–water partition coefficient (Wildman–Crippen LogP) is 9.86. The summed E-state index contributed by atoms with van der Waals surface area (Å²) < 4.78 is 34.3. The molecule has 0 aromatic carbocycles. The molecule has 0 saturated carbocycles. The van der Waals surface area contributed by atoms with Crippen molar-refractivity contribution in [1.82, 2.24) is 0 Å². The summed E-state index contributed by atoms with van der Waals surface area (Å²) in [6, 6.07) is 0. The Morgan fingerprint density at radius 3 is 1.77 bits per heavy atom. The van der Waals surface area contributed by atoms with Crippen LogP contribution in [0.15, 0.2) is 24.3 Å². The molecule has 0 aromatic rings. The van der Waals surface area contributed by atoms with Crippen molar-refractivity contribution < 1.29 is 37.3 Å². The number of phosphoric ester groups is 1. The third-order valence-electron chi connectivity index (χ3n) is 8.01. The number of carbonyl (C=O) groups is 1. The summed E-state index contributed by atoms with van der Waals surface area (Å²) in [6.07, 6.45) is 33.4. The van der Waals surface area contributed by atoms with Crippen molar-refractivity contribution in [2.45, 2.75) is 161 Å². The summed E-state index contributed by atoms with van der Waals surface area (Å²) in [7, 11) is 1.35. The van der Waals surface area contributed by atoms with Gasteiger partial charge in [-0.15, -0.1) is 0 Å². The lowest BCUT2D eigenvalue weighted by molar-refractivity contribution is -0.870. The Labute approximate surface area is 290 Å². The Hall–Kier alpha value is -1.02. The highest BCUT2D eigenvalue weighted by atomic mass is 31.2. The van der Waals surface area contributed by atoms with Crippen LogP contribution in [-0.2, 0) is 27.9 Å². The third kappa shape index (κ3) is 36.1. The lowest BCUT2D eigenvalue weighted by atomic mass is 10.1. The quantitative estimate of drug-likeness (QED) is 0.0215. The molecule has 0 heterocycles. The standard InChI is InChI=1S/C38H74NO7P/c1-6-8-10-12-14-15-16-17-18-19-20-21-22-23-24-26-28-30-33-43-35-37(36-45-47(41,42)44-34-32-39(3,4)5)46-38(40)31-29-27-25-13-11-9-7-2/h14-15,17-18,37H,6-13,16,19-36H2,1-5H3/b15-14-,18-17-. The molecular weight excluding hydrogens is 613 g/mol. The Bertz CT molecular complexity index is 812. The topological polar surface area (TPSA) is 94.1 Å². The van der Waals surface area contributed by atoms with Gasteiger partial charge in [-0.25, -0.2) is 0 Å². The van der Waals surface area contributed by atoms with Crippen LogP contribution < -0.4 is 4.89 Å². The maximum Gasteiger partial charge on any atom is 0.306 e. The first-order chi connectivity index (χ1) is 22.6. The van der Waals surface area contributed by atoms with Crippen molar-refractivity contribution >= 4 is 13.8 Å². The van der Waals surface area contributed by atoms with E-state index in [4.69, 9.17) is 18.5 Å². The first-order valence-corrected chi connectivity index (χ1v) is 20.5. The van der Waals surface area contributed by atoms with Gasteiger partial charge in [-0.2, -0.15) is 0 Å². The fourth-order valence-corrected chi connectivity index (χ4v) is 5.71. The van der Waals surface area contributed by atoms with Crippen LogP contribution in [0.3, 0.4) is 0 Å². The predicted molar refractivity (Wildman–Crippen MR) is 194 cm³/mol. The summed E-state index contributed by atoms with van der Waals surface area (Å²) in [5.74, 6) is -0.344. The highest BCUT2D eigenvalue weighted by Crippen LogP contribution is 2.38. The van der Waals surface area contributed by atoms with Gasteiger partial charge in [0.15, 0.2) is 0 Å². The average Bonchev–Trinajstić information content (AvgIpc) is 3.01. The molecule has 0 radical (unpaired) electrons. The molecule has 8 nitrogen and oxygen atoms in total. The van der Waals surface area contributed by atoms with Gasteiger partial charge in [0.2, 0.25) is 0 Å². The van der Waals surface area contributed by atoms with Gasteiger partial charge in [-0.05, 0) is 44.9 Å². The Morgan fingerprint density at radius 1 is 0.660 bits per heavy atom. The molecule has 2 atom stereocenters. The number of nitrogens with zero attached hydrogens (tertiary/aromatic N) is 1. The molecular formula is C38H74NO7P. The van der Waals surface area contributed by atoms with Crippen molar-refractivity contribution in [2.75, 3.05) is 54.1 Å².